The normalized spacial score (nSPS) is 24.2. The second kappa shape index (κ2) is 9.94. The van der Waals surface area contributed by atoms with Crippen molar-refractivity contribution in [1.82, 2.24) is 0 Å². The number of halogens is 1. The van der Waals surface area contributed by atoms with E-state index >= 15 is 0 Å². The molecule has 1 heterocycles. The predicted molar refractivity (Wildman–Crippen MR) is 99.3 cm³/mol. The average Bonchev–Trinajstić information content (AvgIpc) is 2.63. The van der Waals surface area contributed by atoms with Crippen molar-refractivity contribution in [1.29, 1.82) is 0 Å². The molecule has 10 heteroatoms. The highest BCUT2D eigenvalue weighted by Crippen LogP contribution is 2.41. The van der Waals surface area contributed by atoms with Gasteiger partial charge in [-0.15, -0.1) is 0 Å². The smallest absolute Gasteiger partial charge is 0.303 e. The van der Waals surface area contributed by atoms with E-state index < -0.39 is 36.5 Å². The molecule has 1 N–H and O–H groups in total. The molecule has 0 unspecified atom stereocenters. The lowest BCUT2D eigenvalue weighted by atomic mass is 10.0. The second-order valence-electron chi connectivity index (χ2n) is 6.04. The van der Waals surface area contributed by atoms with Gasteiger partial charge in [0.1, 0.15) is 30.7 Å². The summed E-state index contributed by atoms with van der Waals surface area (Å²) >= 11 is 3.39. The van der Waals surface area contributed by atoms with Gasteiger partial charge in [0.05, 0.1) is 18.7 Å². The standard InChI is InChI=1S/C18H23BrO9/c1-9(20)25-8-15-17(22)13(26-10(2)21)7-16(27-15)28-18-12(19)5-11(23-3)6-14(18)24-4/h5-6,13,15-17,22H,7-8H2,1-4H3/t13-,15-,16+,17+/m1/s1. The summed E-state index contributed by atoms with van der Waals surface area (Å²) in [5.74, 6) is 0.210. The number of aliphatic hydroxyl groups is 1. The number of aliphatic hydroxyl groups excluding tert-OH is 1. The Labute approximate surface area is 170 Å². The number of hydrogen-bond acceptors (Lipinski definition) is 9. The van der Waals surface area contributed by atoms with Crippen molar-refractivity contribution < 1.29 is 43.1 Å². The van der Waals surface area contributed by atoms with E-state index in [1.54, 1.807) is 12.1 Å². The minimum absolute atomic E-state index is 0.0684. The summed E-state index contributed by atoms with van der Waals surface area (Å²) in [5.41, 5.74) is 0. The van der Waals surface area contributed by atoms with E-state index in [0.29, 0.717) is 21.7 Å². The summed E-state index contributed by atoms with van der Waals surface area (Å²) in [5, 5.41) is 10.4. The first kappa shape index (κ1) is 22.3. The molecule has 0 radical (unpaired) electrons. The maximum Gasteiger partial charge on any atom is 0.303 e. The Balaban J connectivity index is 2.23. The maximum absolute atomic E-state index is 11.4. The molecular formula is C18H23BrO9. The fourth-order valence-electron chi connectivity index (χ4n) is 2.70. The first-order valence-electron chi connectivity index (χ1n) is 8.47. The molecule has 1 fully saturated rings. The van der Waals surface area contributed by atoms with Crippen LogP contribution in [-0.4, -0.2) is 62.5 Å². The van der Waals surface area contributed by atoms with Crippen LogP contribution in [0.5, 0.6) is 17.2 Å². The zero-order chi connectivity index (χ0) is 20.8. The minimum atomic E-state index is -1.18. The topological polar surface area (TPSA) is 110 Å². The van der Waals surface area contributed by atoms with E-state index in [4.69, 9.17) is 28.4 Å². The van der Waals surface area contributed by atoms with Gasteiger partial charge in [-0.2, -0.15) is 0 Å². The summed E-state index contributed by atoms with van der Waals surface area (Å²) < 4.78 is 32.8. The SMILES string of the molecule is COc1cc(Br)c(O[C@H]2C[C@@H](OC(C)=O)[C@H](O)[C@@H](COC(C)=O)O2)c(OC)c1. The molecule has 0 aliphatic carbocycles. The van der Waals surface area contributed by atoms with E-state index in [-0.39, 0.29) is 13.0 Å². The summed E-state index contributed by atoms with van der Waals surface area (Å²) in [6.07, 6.45) is -3.83. The number of carbonyl (C=O) groups is 2. The van der Waals surface area contributed by atoms with Crippen LogP contribution in [0.25, 0.3) is 0 Å². The molecule has 0 spiro atoms. The van der Waals surface area contributed by atoms with Gasteiger partial charge in [0.2, 0.25) is 6.29 Å². The highest BCUT2D eigenvalue weighted by molar-refractivity contribution is 9.10. The molecule has 1 aliphatic rings. The van der Waals surface area contributed by atoms with E-state index in [1.807, 2.05) is 0 Å². The van der Waals surface area contributed by atoms with Crippen molar-refractivity contribution in [2.45, 2.75) is 44.9 Å². The molecule has 0 bridgehead atoms. The number of ether oxygens (including phenoxy) is 6. The quantitative estimate of drug-likeness (QED) is 0.606. The van der Waals surface area contributed by atoms with Gasteiger partial charge >= 0.3 is 11.9 Å². The minimum Gasteiger partial charge on any atom is -0.497 e. The molecule has 2 rings (SSSR count). The largest absolute Gasteiger partial charge is 0.497 e. The van der Waals surface area contributed by atoms with Gasteiger partial charge in [-0.1, -0.05) is 0 Å². The Kier molecular flexibility index (Phi) is 7.90. The summed E-state index contributed by atoms with van der Waals surface area (Å²) in [7, 11) is 3.00. The highest BCUT2D eigenvalue weighted by atomic mass is 79.9. The monoisotopic (exact) mass is 462 g/mol. The molecule has 156 valence electrons. The van der Waals surface area contributed by atoms with Crippen molar-refractivity contribution >= 4 is 27.9 Å². The van der Waals surface area contributed by atoms with Gasteiger partial charge in [-0.05, 0) is 22.0 Å². The molecular weight excluding hydrogens is 440 g/mol. The van der Waals surface area contributed by atoms with Crippen LogP contribution in [0, 0.1) is 0 Å². The van der Waals surface area contributed by atoms with E-state index in [0.717, 1.165) is 0 Å². The van der Waals surface area contributed by atoms with Crippen LogP contribution in [0.2, 0.25) is 0 Å². The van der Waals surface area contributed by atoms with Crippen LogP contribution < -0.4 is 14.2 Å². The van der Waals surface area contributed by atoms with Crippen molar-refractivity contribution in [3.63, 3.8) is 0 Å². The molecule has 0 amide bonds. The molecule has 1 aromatic rings. The summed E-state index contributed by atoms with van der Waals surface area (Å²) in [4.78, 5) is 22.5. The molecule has 28 heavy (non-hydrogen) atoms. The van der Waals surface area contributed by atoms with Gasteiger partial charge in [0.15, 0.2) is 11.5 Å². The van der Waals surface area contributed by atoms with Crippen LogP contribution in [0.4, 0.5) is 0 Å². The fraction of sp³-hybridized carbons (Fsp3) is 0.556. The predicted octanol–water partition coefficient (Wildman–Crippen LogP) is 1.82. The molecule has 0 aromatic heterocycles. The third-order valence-electron chi connectivity index (χ3n) is 3.97. The van der Waals surface area contributed by atoms with Crippen LogP contribution in [0.1, 0.15) is 20.3 Å². The number of methoxy groups -OCH3 is 2. The van der Waals surface area contributed by atoms with Gasteiger partial charge in [-0.25, -0.2) is 0 Å². The van der Waals surface area contributed by atoms with Gasteiger partial charge in [0.25, 0.3) is 0 Å². The van der Waals surface area contributed by atoms with Crippen LogP contribution in [0.3, 0.4) is 0 Å². The van der Waals surface area contributed by atoms with Crippen molar-refractivity contribution in [3.05, 3.63) is 16.6 Å². The number of hydrogen-bond donors (Lipinski definition) is 1. The lowest BCUT2D eigenvalue weighted by Gasteiger charge is -2.38. The molecule has 1 aromatic carbocycles. The third-order valence-corrected chi connectivity index (χ3v) is 4.56. The molecule has 1 aliphatic heterocycles. The zero-order valence-corrected chi connectivity index (χ0v) is 17.6. The van der Waals surface area contributed by atoms with Crippen molar-refractivity contribution in [2.24, 2.45) is 0 Å². The second-order valence-corrected chi connectivity index (χ2v) is 6.89. The highest BCUT2D eigenvalue weighted by Gasteiger charge is 2.41. The van der Waals surface area contributed by atoms with Crippen molar-refractivity contribution in [3.8, 4) is 17.2 Å². The Bertz CT molecular complexity index is 709. The van der Waals surface area contributed by atoms with Gasteiger partial charge < -0.3 is 33.5 Å². The number of carbonyl (C=O) groups excluding carboxylic acids is 2. The third kappa shape index (κ3) is 5.73. The van der Waals surface area contributed by atoms with E-state index in [2.05, 4.69) is 15.9 Å². The Morgan fingerprint density at radius 3 is 2.50 bits per heavy atom. The Morgan fingerprint density at radius 2 is 1.93 bits per heavy atom. The lowest BCUT2D eigenvalue weighted by Crippen LogP contribution is -2.53. The number of benzene rings is 1. The molecule has 4 atom stereocenters. The maximum atomic E-state index is 11.4. The zero-order valence-electron chi connectivity index (χ0n) is 16.0. The van der Waals surface area contributed by atoms with E-state index in [9.17, 15) is 14.7 Å². The first-order chi connectivity index (χ1) is 13.2. The Hall–Kier alpha value is -2.04. The average molecular weight is 463 g/mol. The molecule has 9 nitrogen and oxygen atoms in total. The van der Waals surface area contributed by atoms with Crippen LogP contribution in [-0.2, 0) is 23.8 Å². The van der Waals surface area contributed by atoms with Crippen LogP contribution >= 0.6 is 15.9 Å². The molecule has 0 saturated carbocycles. The summed E-state index contributed by atoms with van der Waals surface area (Å²) in [6, 6.07) is 3.33. The fourth-order valence-corrected chi connectivity index (χ4v) is 3.22. The lowest BCUT2D eigenvalue weighted by molar-refractivity contribution is -0.239. The van der Waals surface area contributed by atoms with Crippen molar-refractivity contribution in [2.75, 3.05) is 20.8 Å². The molecule has 1 saturated heterocycles. The number of esters is 2. The van der Waals surface area contributed by atoms with Gasteiger partial charge in [-0.3, -0.25) is 9.59 Å². The van der Waals surface area contributed by atoms with Crippen LogP contribution in [0.15, 0.2) is 16.6 Å². The van der Waals surface area contributed by atoms with Gasteiger partial charge in [0, 0.05) is 26.3 Å². The first-order valence-corrected chi connectivity index (χ1v) is 9.26. The summed E-state index contributed by atoms with van der Waals surface area (Å²) in [6.45, 7) is 2.27. The van der Waals surface area contributed by atoms with E-state index in [1.165, 1.54) is 28.1 Å². The number of rotatable bonds is 7. The Morgan fingerprint density at radius 1 is 1.21 bits per heavy atom.